The van der Waals surface area contributed by atoms with Crippen LogP contribution in [-0.2, 0) is 13.1 Å². The zero-order chi connectivity index (χ0) is 16.2. The minimum Gasteiger partial charge on any atom is -0.325 e. The van der Waals surface area contributed by atoms with Crippen LogP contribution in [0.5, 0.6) is 0 Å². The van der Waals surface area contributed by atoms with E-state index in [0.717, 1.165) is 10.1 Å². The molecule has 3 nitrogen and oxygen atoms in total. The second kappa shape index (κ2) is 6.96. The van der Waals surface area contributed by atoms with E-state index in [1.54, 1.807) is 0 Å². The largest absolute Gasteiger partial charge is 0.406 e. The number of halogens is 3. The molecule has 120 valence electrons. The fourth-order valence-electron chi connectivity index (χ4n) is 2.44. The van der Waals surface area contributed by atoms with E-state index in [1.807, 2.05) is 30.3 Å². The lowest BCUT2D eigenvalue weighted by Gasteiger charge is -2.23. The fraction of sp³-hybridized carbons (Fsp3) is 0.438. The summed E-state index contributed by atoms with van der Waals surface area (Å²) < 4.78 is 38.7. The molecule has 2 aromatic rings. The third-order valence-corrected chi connectivity index (χ3v) is 3.46. The molecule has 0 amide bonds. The SMILES string of the molecule is CC(C)C(NCc1nccn1CC(F)(F)F)c1ccccc1. The lowest BCUT2D eigenvalue weighted by atomic mass is 9.96. The van der Waals surface area contributed by atoms with Crippen LogP contribution in [0.4, 0.5) is 13.2 Å². The zero-order valence-corrected chi connectivity index (χ0v) is 12.6. The maximum absolute atomic E-state index is 12.5. The van der Waals surface area contributed by atoms with Crippen molar-refractivity contribution in [3.05, 3.63) is 54.1 Å². The second-order valence-corrected chi connectivity index (χ2v) is 5.60. The Morgan fingerprint density at radius 3 is 2.45 bits per heavy atom. The highest BCUT2D eigenvalue weighted by Crippen LogP contribution is 2.22. The summed E-state index contributed by atoms with van der Waals surface area (Å²) in [6.07, 6.45) is -1.49. The Balaban J connectivity index is 2.06. The van der Waals surface area contributed by atoms with Crippen molar-refractivity contribution >= 4 is 0 Å². The van der Waals surface area contributed by atoms with E-state index < -0.39 is 12.7 Å². The van der Waals surface area contributed by atoms with Crippen LogP contribution < -0.4 is 5.32 Å². The molecular formula is C16H20F3N3. The lowest BCUT2D eigenvalue weighted by Crippen LogP contribution is -2.28. The number of rotatable bonds is 6. The predicted octanol–water partition coefficient (Wildman–Crippen LogP) is 3.93. The Kier molecular flexibility index (Phi) is 5.24. The van der Waals surface area contributed by atoms with Crippen LogP contribution in [0.3, 0.4) is 0 Å². The molecule has 1 unspecified atom stereocenters. The van der Waals surface area contributed by atoms with Gasteiger partial charge >= 0.3 is 6.18 Å². The van der Waals surface area contributed by atoms with Gasteiger partial charge in [0.25, 0.3) is 0 Å². The van der Waals surface area contributed by atoms with Gasteiger partial charge in [0.15, 0.2) is 0 Å². The molecule has 0 bridgehead atoms. The van der Waals surface area contributed by atoms with Gasteiger partial charge in [0.1, 0.15) is 12.4 Å². The molecule has 0 aliphatic carbocycles. The van der Waals surface area contributed by atoms with E-state index in [4.69, 9.17) is 0 Å². The molecule has 1 N–H and O–H groups in total. The second-order valence-electron chi connectivity index (χ2n) is 5.60. The van der Waals surface area contributed by atoms with Gasteiger partial charge in [-0.3, -0.25) is 0 Å². The van der Waals surface area contributed by atoms with Crippen LogP contribution in [0.2, 0.25) is 0 Å². The first kappa shape index (κ1) is 16.5. The van der Waals surface area contributed by atoms with E-state index in [-0.39, 0.29) is 6.04 Å². The van der Waals surface area contributed by atoms with E-state index >= 15 is 0 Å². The van der Waals surface area contributed by atoms with Gasteiger partial charge < -0.3 is 9.88 Å². The molecule has 1 atom stereocenters. The van der Waals surface area contributed by atoms with Crippen molar-refractivity contribution in [1.82, 2.24) is 14.9 Å². The van der Waals surface area contributed by atoms with Gasteiger partial charge in [-0.2, -0.15) is 13.2 Å². The van der Waals surface area contributed by atoms with Crippen molar-refractivity contribution < 1.29 is 13.2 Å². The molecule has 0 spiro atoms. The summed E-state index contributed by atoms with van der Waals surface area (Å²) in [5.74, 6) is 0.701. The predicted molar refractivity (Wildman–Crippen MR) is 79.1 cm³/mol. The van der Waals surface area contributed by atoms with Crippen LogP contribution in [0.25, 0.3) is 0 Å². The van der Waals surface area contributed by atoms with Crippen molar-refractivity contribution in [3.8, 4) is 0 Å². The lowest BCUT2D eigenvalue weighted by molar-refractivity contribution is -0.141. The van der Waals surface area contributed by atoms with Gasteiger partial charge in [0.2, 0.25) is 0 Å². The van der Waals surface area contributed by atoms with Crippen LogP contribution in [0, 0.1) is 5.92 Å². The molecular weight excluding hydrogens is 291 g/mol. The Bertz CT molecular complexity index is 576. The van der Waals surface area contributed by atoms with Gasteiger partial charge in [-0.1, -0.05) is 44.2 Å². The summed E-state index contributed by atoms with van der Waals surface area (Å²) >= 11 is 0. The van der Waals surface area contributed by atoms with Crippen LogP contribution >= 0.6 is 0 Å². The first-order valence-corrected chi connectivity index (χ1v) is 7.22. The average Bonchev–Trinajstić information content (AvgIpc) is 2.85. The average molecular weight is 311 g/mol. The van der Waals surface area contributed by atoms with Crippen molar-refractivity contribution in [1.29, 1.82) is 0 Å². The molecule has 1 aromatic carbocycles. The number of nitrogens with one attached hydrogen (secondary N) is 1. The number of hydrogen-bond donors (Lipinski definition) is 1. The first-order valence-electron chi connectivity index (χ1n) is 7.22. The summed E-state index contributed by atoms with van der Waals surface area (Å²) in [6, 6.07) is 9.95. The summed E-state index contributed by atoms with van der Waals surface area (Å²) in [5, 5.41) is 3.31. The maximum Gasteiger partial charge on any atom is 0.406 e. The van der Waals surface area contributed by atoms with Gasteiger partial charge in [-0.15, -0.1) is 0 Å². The van der Waals surface area contributed by atoms with Crippen LogP contribution in [-0.4, -0.2) is 15.7 Å². The highest BCUT2D eigenvalue weighted by Gasteiger charge is 2.29. The molecule has 0 aliphatic heterocycles. The van der Waals surface area contributed by atoms with Gasteiger partial charge in [-0.05, 0) is 11.5 Å². The van der Waals surface area contributed by atoms with Crippen molar-refractivity contribution in [2.75, 3.05) is 0 Å². The van der Waals surface area contributed by atoms with Crippen LogP contribution in [0.15, 0.2) is 42.7 Å². The third kappa shape index (κ3) is 4.59. The molecule has 1 heterocycles. The molecule has 6 heteroatoms. The number of nitrogens with zero attached hydrogens (tertiary/aromatic N) is 2. The van der Waals surface area contributed by atoms with Crippen LogP contribution in [0.1, 0.15) is 31.3 Å². The quantitative estimate of drug-likeness (QED) is 0.876. The monoisotopic (exact) mass is 311 g/mol. The standard InChI is InChI=1S/C16H20F3N3/c1-12(2)15(13-6-4-3-5-7-13)21-10-14-20-8-9-22(14)11-16(17,18)19/h3-9,12,15,21H,10-11H2,1-2H3. The van der Waals surface area contributed by atoms with Crippen molar-refractivity contribution in [3.63, 3.8) is 0 Å². The molecule has 0 radical (unpaired) electrons. The molecule has 0 saturated heterocycles. The fourth-order valence-corrected chi connectivity index (χ4v) is 2.44. The van der Waals surface area contributed by atoms with Gasteiger partial charge in [0.05, 0.1) is 6.54 Å². The Morgan fingerprint density at radius 1 is 1.18 bits per heavy atom. The summed E-state index contributed by atoms with van der Waals surface area (Å²) in [7, 11) is 0. The van der Waals surface area contributed by atoms with E-state index in [1.165, 1.54) is 12.4 Å². The maximum atomic E-state index is 12.5. The third-order valence-electron chi connectivity index (χ3n) is 3.46. The highest BCUT2D eigenvalue weighted by molar-refractivity contribution is 5.19. The smallest absolute Gasteiger partial charge is 0.325 e. The van der Waals surface area contributed by atoms with Crippen molar-refractivity contribution in [2.24, 2.45) is 5.92 Å². The molecule has 0 aliphatic rings. The topological polar surface area (TPSA) is 29.9 Å². The number of benzene rings is 1. The Morgan fingerprint density at radius 2 is 1.86 bits per heavy atom. The minimum atomic E-state index is -4.24. The minimum absolute atomic E-state index is 0.0669. The zero-order valence-electron chi connectivity index (χ0n) is 12.6. The number of aromatic nitrogens is 2. The number of alkyl halides is 3. The molecule has 2 rings (SSSR count). The van der Waals surface area contributed by atoms with Gasteiger partial charge in [0, 0.05) is 18.4 Å². The van der Waals surface area contributed by atoms with E-state index in [9.17, 15) is 13.2 Å². The Hall–Kier alpha value is -1.82. The number of imidazole rings is 1. The molecule has 0 saturated carbocycles. The van der Waals surface area contributed by atoms with E-state index in [2.05, 4.69) is 24.1 Å². The first-order chi connectivity index (χ1) is 10.4. The number of hydrogen-bond acceptors (Lipinski definition) is 2. The molecule has 1 aromatic heterocycles. The normalized spacial score (nSPS) is 13.5. The summed E-state index contributed by atoms with van der Waals surface area (Å²) in [6.45, 7) is 3.43. The van der Waals surface area contributed by atoms with Gasteiger partial charge in [-0.25, -0.2) is 4.98 Å². The molecule has 22 heavy (non-hydrogen) atoms. The molecule has 0 fully saturated rings. The van der Waals surface area contributed by atoms with E-state index in [0.29, 0.717) is 18.3 Å². The Labute approximate surface area is 128 Å². The highest BCUT2D eigenvalue weighted by atomic mass is 19.4. The van der Waals surface area contributed by atoms with Crippen molar-refractivity contribution in [2.45, 2.75) is 39.2 Å². The summed E-state index contributed by atoms with van der Waals surface area (Å²) in [4.78, 5) is 4.03. The summed E-state index contributed by atoms with van der Waals surface area (Å²) in [5.41, 5.74) is 1.12.